The summed E-state index contributed by atoms with van der Waals surface area (Å²) in [4.78, 5) is 10.9. The van der Waals surface area contributed by atoms with Crippen LogP contribution >= 0.6 is 23.2 Å². The quantitative estimate of drug-likeness (QED) is 0.252. The number of aromatic amines is 1. The normalized spacial score (nSPS) is 16.9. The first-order chi connectivity index (χ1) is 19.3. The SMILES string of the molecule is COc1cc2[nH]nc(-c3cnc(N4CC(C)(NCC5CC5)C4)c(C#N)c3)c2cc1O[C@H](C)c1c(Cl)cncc1Cl. The number of fused-ring (bicyclic) bond motifs is 1. The fourth-order valence-electron chi connectivity index (χ4n) is 5.25. The van der Waals surface area contributed by atoms with Crippen LogP contribution in [0.2, 0.25) is 10.0 Å². The van der Waals surface area contributed by atoms with Gasteiger partial charge in [0.25, 0.3) is 0 Å². The summed E-state index contributed by atoms with van der Waals surface area (Å²) in [5.41, 5.74) is 3.34. The molecule has 0 bridgehead atoms. The molecule has 1 atom stereocenters. The highest BCUT2D eigenvalue weighted by molar-refractivity contribution is 6.35. The average molecular weight is 579 g/mol. The van der Waals surface area contributed by atoms with E-state index in [1.54, 1.807) is 13.3 Å². The van der Waals surface area contributed by atoms with E-state index < -0.39 is 6.10 Å². The van der Waals surface area contributed by atoms with Gasteiger partial charge in [0, 0.05) is 54.3 Å². The molecule has 9 nitrogen and oxygen atoms in total. The van der Waals surface area contributed by atoms with Gasteiger partial charge >= 0.3 is 0 Å². The molecule has 206 valence electrons. The molecular formula is C29H29Cl2N7O2. The smallest absolute Gasteiger partial charge is 0.162 e. The first-order valence-electron chi connectivity index (χ1n) is 13.2. The minimum absolute atomic E-state index is 0.0470. The summed E-state index contributed by atoms with van der Waals surface area (Å²) in [5, 5.41) is 22.9. The van der Waals surface area contributed by atoms with Gasteiger partial charge in [-0.15, -0.1) is 0 Å². The molecule has 0 unspecified atom stereocenters. The Morgan fingerprint density at radius 2 is 1.93 bits per heavy atom. The van der Waals surface area contributed by atoms with Crippen molar-refractivity contribution in [1.82, 2.24) is 25.5 Å². The van der Waals surface area contributed by atoms with Crippen LogP contribution in [0.25, 0.3) is 22.2 Å². The van der Waals surface area contributed by atoms with Crippen molar-refractivity contribution in [1.29, 1.82) is 5.26 Å². The molecule has 4 aromatic rings. The molecular weight excluding hydrogens is 549 g/mol. The molecule has 1 aliphatic heterocycles. The number of halogens is 2. The number of ether oxygens (including phenoxy) is 2. The van der Waals surface area contributed by atoms with E-state index in [4.69, 9.17) is 37.7 Å². The van der Waals surface area contributed by atoms with Crippen LogP contribution in [0.5, 0.6) is 11.5 Å². The first kappa shape index (κ1) is 26.6. The lowest BCUT2D eigenvalue weighted by molar-refractivity contribution is 0.216. The summed E-state index contributed by atoms with van der Waals surface area (Å²) in [6, 6.07) is 7.86. The number of rotatable bonds is 9. The Morgan fingerprint density at radius 1 is 1.18 bits per heavy atom. The van der Waals surface area contributed by atoms with E-state index in [0.717, 1.165) is 42.0 Å². The summed E-state index contributed by atoms with van der Waals surface area (Å²) in [6.07, 6.45) is 7.00. The molecule has 0 radical (unpaired) electrons. The summed E-state index contributed by atoms with van der Waals surface area (Å²) in [5.74, 6) is 2.54. The number of benzene rings is 1. The predicted molar refractivity (Wildman–Crippen MR) is 155 cm³/mol. The summed E-state index contributed by atoms with van der Waals surface area (Å²) < 4.78 is 11.9. The van der Waals surface area contributed by atoms with Crippen molar-refractivity contribution >= 4 is 39.9 Å². The van der Waals surface area contributed by atoms with Crippen molar-refractivity contribution in [3.63, 3.8) is 0 Å². The highest BCUT2D eigenvalue weighted by atomic mass is 35.5. The lowest BCUT2D eigenvalue weighted by Crippen LogP contribution is -2.68. The van der Waals surface area contributed by atoms with Crippen molar-refractivity contribution < 1.29 is 9.47 Å². The topological polar surface area (TPSA) is 112 Å². The fraction of sp³-hybridized carbons (Fsp3) is 0.379. The molecule has 4 heterocycles. The predicted octanol–water partition coefficient (Wildman–Crippen LogP) is 5.93. The maximum atomic E-state index is 9.98. The fourth-order valence-corrected chi connectivity index (χ4v) is 5.92. The number of hydrogen-bond acceptors (Lipinski definition) is 8. The molecule has 1 saturated carbocycles. The van der Waals surface area contributed by atoms with E-state index in [-0.39, 0.29) is 5.54 Å². The Hall–Kier alpha value is -3.58. The third kappa shape index (κ3) is 5.03. The van der Waals surface area contributed by atoms with Crippen molar-refractivity contribution in [3.05, 3.63) is 58.0 Å². The Labute approximate surface area is 242 Å². The van der Waals surface area contributed by atoms with Gasteiger partial charge < -0.3 is 19.7 Å². The van der Waals surface area contributed by atoms with E-state index in [1.165, 1.54) is 25.2 Å². The number of aromatic nitrogens is 4. The van der Waals surface area contributed by atoms with Crippen molar-refractivity contribution in [2.45, 2.75) is 38.3 Å². The maximum Gasteiger partial charge on any atom is 0.162 e. The van der Waals surface area contributed by atoms with Gasteiger partial charge in [-0.25, -0.2) is 4.98 Å². The molecule has 3 aromatic heterocycles. The number of methoxy groups -OCH3 is 1. The number of nitrogens with one attached hydrogen (secondary N) is 2. The Balaban J connectivity index is 1.28. The van der Waals surface area contributed by atoms with E-state index >= 15 is 0 Å². The van der Waals surface area contributed by atoms with Crippen LogP contribution < -0.4 is 19.7 Å². The highest BCUT2D eigenvalue weighted by Crippen LogP contribution is 2.40. The van der Waals surface area contributed by atoms with Crippen molar-refractivity contribution in [2.24, 2.45) is 5.92 Å². The minimum atomic E-state index is -0.475. The Bertz CT molecular complexity index is 1600. The van der Waals surface area contributed by atoms with Gasteiger partial charge in [-0.1, -0.05) is 23.2 Å². The van der Waals surface area contributed by atoms with Crippen LogP contribution in [0.15, 0.2) is 36.8 Å². The lowest BCUT2D eigenvalue weighted by atomic mass is 9.91. The molecule has 2 fully saturated rings. The number of H-pyrrole nitrogens is 1. The molecule has 6 rings (SSSR count). The third-order valence-corrected chi connectivity index (χ3v) is 8.20. The van der Waals surface area contributed by atoms with Crippen LogP contribution in [0.4, 0.5) is 5.82 Å². The van der Waals surface area contributed by atoms with Gasteiger partial charge in [-0.3, -0.25) is 10.1 Å². The second kappa shape index (κ2) is 10.4. The van der Waals surface area contributed by atoms with Crippen molar-refractivity contribution in [2.75, 3.05) is 31.6 Å². The van der Waals surface area contributed by atoms with Gasteiger partial charge in [0.2, 0.25) is 0 Å². The standard InChI is InChI=1S/C29H29Cl2N7O2/c1-16(26-21(30)12-33-13-22(26)31)40-25-7-20-23(8-24(25)39-3)36-37-27(20)19-6-18(9-32)28(34-11-19)38-14-29(2,15-38)35-10-17-4-5-17/h6-8,11-13,16-17,35H,4-5,10,14-15H2,1-3H3,(H,36,37)/t16-/m1/s1. The molecule has 2 N–H and O–H groups in total. The van der Waals surface area contributed by atoms with Crippen LogP contribution in [0.3, 0.4) is 0 Å². The molecule has 40 heavy (non-hydrogen) atoms. The Morgan fingerprint density at radius 3 is 2.60 bits per heavy atom. The molecule has 11 heteroatoms. The van der Waals surface area contributed by atoms with Gasteiger partial charge in [0.05, 0.1) is 33.8 Å². The molecule has 1 saturated heterocycles. The molecule has 2 aliphatic rings. The monoisotopic (exact) mass is 577 g/mol. The van der Waals surface area contributed by atoms with Gasteiger partial charge in [0.1, 0.15) is 23.7 Å². The second-order valence-corrected chi connectivity index (χ2v) is 11.7. The van der Waals surface area contributed by atoms with Crippen molar-refractivity contribution in [3.8, 4) is 28.8 Å². The largest absolute Gasteiger partial charge is 0.493 e. The van der Waals surface area contributed by atoms with E-state index in [0.29, 0.717) is 44.2 Å². The zero-order chi connectivity index (χ0) is 28.0. The summed E-state index contributed by atoms with van der Waals surface area (Å²) in [7, 11) is 1.58. The number of pyridine rings is 2. The number of nitrogens with zero attached hydrogens (tertiary/aromatic N) is 5. The van der Waals surface area contributed by atoms with Gasteiger partial charge in [0.15, 0.2) is 11.5 Å². The minimum Gasteiger partial charge on any atom is -0.493 e. The number of nitriles is 1. The molecule has 0 amide bonds. The van der Waals surface area contributed by atoms with Gasteiger partial charge in [-0.2, -0.15) is 10.4 Å². The second-order valence-electron chi connectivity index (χ2n) is 10.8. The first-order valence-corrected chi connectivity index (χ1v) is 14.0. The zero-order valence-electron chi connectivity index (χ0n) is 22.5. The van der Waals surface area contributed by atoms with Crippen LogP contribution in [-0.2, 0) is 0 Å². The molecule has 0 spiro atoms. The van der Waals surface area contributed by atoms with E-state index in [1.807, 2.05) is 25.1 Å². The van der Waals surface area contributed by atoms with E-state index in [2.05, 4.69) is 38.4 Å². The molecule has 1 aromatic carbocycles. The maximum absolute atomic E-state index is 9.98. The lowest BCUT2D eigenvalue weighted by Gasteiger charge is -2.49. The highest BCUT2D eigenvalue weighted by Gasteiger charge is 2.41. The van der Waals surface area contributed by atoms with Crippen LogP contribution in [0, 0.1) is 17.2 Å². The van der Waals surface area contributed by atoms with Gasteiger partial charge in [-0.05, 0) is 51.3 Å². The number of hydrogen-bond donors (Lipinski definition) is 2. The third-order valence-electron chi connectivity index (χ3n) is 7.60. The summed E-state index contributed by atoms with van der Waals surface area (Å²) in [6.45, 7) is 6.78. The van der Waals surface area contributed by atoms with Crippen LogP contribution in [0.1, 0.15) is 43.9 Å². The molecule has 1 aliphatic carbocycles. The summed E-state index contributed by atoms with van der Waals surface area (Å²) >= 11 is 12.7. The van der Waals surface area contributed by atoms with E-state index in [9.17, 15) is 5.26 Å². The number of anilines is 1. The van der Waals surface area contributed by atoms with Crippen LogP contribution in [-0.4, -0.2) is 52.4 Å². The average Bonchev–Trinajstić information content (AvgIpc) is 3.67. The Kier molecular flexibility index (Phi) is 6.95. The zero-order valence-corrected chi connectivity index (χ0v) is 24.0.